The number of hydrogen-bond acceptors (Lipinski definition) is 2. The summed E-state index contributed by atoms with van der Waals surface area (Å²) in [5.74, 6) is -0.0852. The smallest absolute Gasteiger partial charge is 0.230 e. The van der Waals surface area contributed by atoms with Gasteiger partial charge in [-0.15, -0.1) is 0 Å². The van der Waals surface area contributed by atoms with E-state index in [1.165, 1.54) is 0 Å². The number of imidazole rings is 1. The van der Waals surface area contributed by atoms with Gasteiger partial charge in [-0.25, -0.2) is 4.98 Å². The van der Waals surface area contributed by atoms with Crippen molar-refractivity contribution in [2.75, 3.05) is 5.32 Å². The van der Waals surface area contributed by atoms with Crippen LogP contribution >= 0.6 is 11.6 Å². The summed E-state index contributed by atoms with van der Waals surface area (Å²) in [6, 6.07) is 12.8. The van der Waals surface area contributed by atoms with Crippen molar-refractivity contribution in [1.82, 2.24) is 9.38 Å². The molecule has 3 aromatic rings. The van der Waals surface area contributed by atoms with Crippen molar-refractivity contribution in [2.45, 2.75) is 6.42 Å². The number of aromatic nitrogens is 2. The highest BCUT2D eigenvalue weighted by atomic mass is 35.5. The molecule has 1 amide bonds. The van der Waals surface area contributed by atoms with Crippen LogP contribution < -0.4 is 5.32 Å². The van der Waals surface area contributed by atoms with Gasteiger partial charge in [-0.2, -0.15) is 0 Å². The lowest BCUT2D eigenvalue weighted by Gasteiger charge is -2.05. The Morgan fingerprint density at radius 2 is 2.00 bits per heavy atom. The standard InChI is InChI=1S/C15H12ClN3O/c16-11-4-6-12(7-5-11)18-15(20)9-13-10-17-14-3-1-2-8-19(13)14/h1-8,10H,9H2,(H,18,20). The van der Waals surface area contributed by atoms with Crippen molar-refractivity contribution < 1.29 is 4.79 Å². The van der Waals surface area contributed by atoms with Crippen LogP contribution in [0.4, 0.5) is 5.69 Å². The topological polar surface area (TPSA) is 46.4 Å². The molecule has 1 N–H and O–H groups in total. The number of amides is 1. The second-order valence-electron chi connectivity index (χ2n) is 4.41. The minimum Gasteiger partial charge on any atom is -0.326 e. The van der Waals surface area contributed by atoms with Gasteiger partial charge in [-0.1, -0.05) is 17.7 Å². The summed E-state index contributed by atoms with van der Waals surface area (Å²) in [5.41, 5.74) is 2.42. The molecule has 20 heavy (non-hydrogen) atoms. The molecule has 0 aliphatic carbocycles. The molecule has 2 aromatic heterocycles. The third-order valence-electron chi connectivity index (χ3n) is 2.96. The van der Waals surface area contributed by atoms with E-state index >= 15 is 0 Å². The first-order valence-corrected chi connectivity index (χ1v) is 6.56. The summed E-state index contributed by atoms with van der Waals surface area (Å²) >= 11 is 5.80. The van der Waals surface area contributed by atoms with Gasteiger partial charge < -0.3 is 9.72 Å². The molecule has 0 fully saturated rings. The number of nitrogens with zero attached hydrogens (tertiary/aromatic N) is 2. The Bertz CT molecular complexity index is 749. The fraction of sp³-hybridized carbons (Fsp3) is 0.0667. The molecule has 0 saturated heterocycles. The molecule has 0 bridgehead atoms. The van der Waals surface area contributed by atoms with Crippen molar-refractivity contribution in [2.24, 2.45) is 0 Å². The molecule has 5 heteroatoms. The first-order valence-electron chi connectivity index (χ1n) is 6.19. The molecule has 3 rings (SSSR count). The molecule has 0 radical (unpaired) electrons. The van der Waals surface area contributed by atoms with E-state index in [0.717, 1.165) is 17.0 Å². The predicted octanol–water partition coefficient (Wildman–Crippen LogP) is 3.17. The summed E-state index contributed by atoms with van der Waals surface area (Å²) in [6.07, 6.45) is 3.89. The Labute approximate surface area is 121 Å². The molecular weight excluding hydrogens is 274 g/mol. The van der Waals surface area contributed by atoms with Crippen molar-refractivity contribution in [3.05, 3.63) is 65.6 Å². The highest BCUT2D eigenvalue weighted by molar-refractivity contribution is 6.30. The Kier molecular flexibility index (Phi) is 3.39. The largest absolute Gasteiger partial charge is 0.326 e. The number of carbonyl (C=O) groups excluding carboxylic acids is 1. The van der Waals surface area contributed by atoms with Crippen molar-refractivity contribution >= 4 is 28.8 Å². The monoisotopic (exact) mass is 285 g/mol. The van der Waals surface area contributed by atoms with Crippen LogP contribution in [0.15, 0.2) is 54.9 Å². The van der Waals surface area contributed by atoms with Gasteiger partial charge in [0.25, 0.3) is 0 Å². The molecule has 0 unspecified atom stereocenters. The second kappa shape index (κ2) is 5.35. The number of rotatable bonds is 3. The van der Waals surface area contributed by atoms with E-state index in [0.29, 0.717) is 5.02 Å². The average Bonchev–Trinajstić information content (AvgIpc) is 2.85. The van der Waals surface area contributed by atoms with E-state index in [-0.39, 0.29) is 12.3 Å². The first kappa shape index (κ1) is 12.7. The summed E-state index contributed by atoms with van der Waals surface area (Å²) in [5, 5.41) is 3.48. The van der Waals surface area contributed by atoms with E-state index in [1.54, 1.807) is 30.5 Å². The summed E-state index contributed by atoms with van der Waals surface area (Å²) in [6.45, 7) is 0. The average molecular weight is 286 g/mol. The van der Waals surface area contributed by atoms with Crippen molar-refractivity contribution in [3.8, 4) is 0 Å². The van der Waals surface area contributed by atoms with E-state index in [4.69, 9.17) is 11.6 Å². The molecular formula is C15H12ClN3O. The minimum absolute atomic E-state index is 0.0852. The lowest BCUT2D eigenvalue weighted by Crippen LogP contribution is -2.15. The normalized spacial score (nSPS) is 10.7. The van der Waals surface area contributed by atoms with Crippen LogP contribution in [0.25, 0.3) is 5.65 Å². The number of fused-ring (bicyclic) bond motifs is 1. The van der Waals surface area contributed by atoms with Crippen LogP contribution in [0, 0.1) is 0 Å². The maximum absolute atomic E-state index is 12.0. The molecule has 1 aromatic carbocycles. The van der Waals surface area contributed by atoms with Crippen LogP contribution in [-0.4, -0.2) is 15.3 Å². The molecule has 0 aliphatic heterocycles. The molecule has 0 saturated carbocycles. The highest BCUT2D eigenvalue weighted by Crippen LogP contribution is 2.14. The Morgan fingerprint density at radius 1 is 1.20 bits per heavy atom. The molecule has 100 valence electrons. The Balaban J connectivity index is 1.74. The van der Waals surface area contributed by atoms with Crippen LogP contribution in [0.5, 0.6) is 0 Å². The van der Waals surface area contributed by atoms with Gasteiger partial charge in [0.15, 0.2) is 0 Å². The lowest BCUT2D eigenvalue weighted by atomic mass is 10.2. The van der Waals surface area contributed by atoms with E-state index in [2.05, 4.69) is 10.3 Å². The predicted molar refractivity (Wildman–Crippen MR) is 79.0 cm³/mol. The number of halogens is 1. The maximum Gasteiger partial charge on any atom is 0.230 e. The minimum atomic E-state index is -0.0852. The Hall–Kier alpha value is -2.33. The number of benzene rings is 1. The number of pyridine rings is 1. The van der Waals surface area contributed by atoms with Gasteiger partial charge in [0.2, 0.25) is 5.91 Å². The van der Waals surface area contributed by atoms with E-state index in [1.807, 2.05) is 28.8 Å². The fourth-order valence-electron chi connectivity index (χ4n) is 2.02. The van der Waals surface area contributed by atoms with Crippen molar-refractivity contribution in [1.29, 1.82) is 0 Å². The quantitative estimate of drug-likeness (QED) is 0.803. The molecule has 0 spiro atoms. The third kappa shape index (κ3) is 2.65. The van der Waals surface area contributed by atoms with Gasteiger partial charge >= 0.3 is 0 Å². The second-order valence-corrected chi connectivity index (χ2v) is 4.85. The number of anilines is 1. The Morgan fingerprint density at radius 3 is 2.80 bits per heavy atom. The maximum atomic E-state index is 12.0. The van der Waals surface area contributed by atoms with E-state index < -0.39 is 0 Å². The van der Waals surface area contributed by atoms with Gasteiger partial charge in [0.1, 0.15) is 5.65 Å². The number of hydrogen-bond donors (Lipinski definition) is 1. The SMILES string of the molecule is O=C(Cc1cnc2ccccn12)Nc1ccc(Cl)cc1. The molecule has 0 atom stereocenters. The fourth-order valence-corrected chi connectivity index (χ4v) is 2.14. The number of nitrogens with one attached hydrogen (secondary N) is 1. The summed E-state index contributed by atoms with van der Waals surface area (Å²) in [4.78, 5) is 16.3. The lowest BCUT2D eigenvalue weighted by molar-refractivity contribution is -0.115. The van der Waals surface area contributed by atoms with Crippen LogP contribution in [-0.2, 0) is 11.2 Å². The number of carbonyl (C=O) groups is 1. The van der Waals surface area contributed by atoms with Crippen LogP contribution in [0.2, 0.25) is 5.02 Å². The van der Waals surface area contributed by atoms with Gasteiger partial charge in [-0.3, -0.25) is 4.79 Å². The summed E-state index contributed by atoms with van der Waals surface area (Å²) in [7, 11) is 0. The highest BCUT2D eigenvalue weighted by Gasteiger charge is 2.08. The summed E-state index contributed by atoms with van der Waals surface area (Å²) < 4.78 is 1.90. The zero-order chi connectivity index (χ0) is 13.9. The van der Waals surface area contributed by atoms with Gasteiger partial charge in [0.05, 0.1) is 12.1 Å². The van der Waals surface area contributed by atoms with Crippen LogP contribution in [0.1, 0.15) is 5.69 Å². The molecule has 0 aliphatic rings. The van der Waals surface area contributed by atoms with Gasteiger partial charge in [-0.05, 0) is 36.4 Å². The third-order valence-corrected chi connectivity index (χ3v) is 3.22. The molecule has 4 nitrogen and oxygen atoms in total. The zero-order valence-electron chi connectivity index (χ0n) is 10.6. The molecule has 2 heterocycles. The van der Waals surface area contributed by atoms with E-state index in [9.17, 15) is 4.79 Å². The van der Waals surface area contributed by atoms with Crippen LogP contribution in [0.3, 0.4) is 0 Å². The zero-order valence-corrected chi connectivity index (χ0v) is 11.3. The van der Waals surface area contributed by atoms with Gasteiger partial charge in [0, 0.05) is 23.1 Å². The van der Waals surface area contributed by atoms with Crippen molar-refractivity contribution in [3.63, 3.8) is 0 Å². The first-order chi connectivity index (χ1) is 9.72.